The van der Waals surface area contributed by atoms with Gasteiger partial charge in [-0.1, -0.05) is 30.3 Å². The minimum atomic E-state index is -0.189. The van der Waals surface area contributed by atoms with Gasteiger partial charge >= 0.3 is 0 Å². The summed E-state index contributed by atoms with van der Waals surface area (Å²) in [6, 6.07) is 10.8. The van der Waals surface area contributed by atoms with Gasteiger partial charge < -0.3 is 14.8 Å². The van der Waals surface area contributed by atoms with Crippen molar-refractivity contribution in [3.8, 4) is 0 Å². The molecule has 3 nitrogen and oxygen atoms in total. The molecule has 102 valence electrons. The summed E-state index contributed by atoms with van der Waals surface area (Å²) in [5.41, 5.74) is 1.27. The summed E-state index contributed by atoms with van der Waals surface area (Å²) < 4.78 is 11.2. The van der Waals surface area contributed by atoms with Crippen LogP contribution in [0.2, 0.25) is 0 Å². The van der Waals surface area contributed by atoms with Crippen molar-refractivity contribution in [1.82, 2.24) is 5.32 Å². The Kier molecular flexibility index (Phi) is 6.94. The highest BCUT2D eigenvalue weighted by Gasteiger charge is 2.19. The molecule has 0 aliphatic rings. The minimum Gasteiger partial charge on any atom is -0.351 e. The van der Waals surface area contributed by atoms with E-state index in [4.69, 9.17) is 9.47 Å². The first-order valence-electron chi connectivity index (χ1n) is 6.73. The van der Waals surface area contributed by atoms with Crippen LogP contribution in [0, 0.1) is 0 Å². The topological polar surface area (TPSA) is 30.5 Å². The van der Waals surface area contributed by atoms with E-state index in [9.17, 15) is 0 Å². The second-order valence-electron chi connectivity index (χ2n) is 4.37. The van der Waals surface area contributed by atoms with E-state index in [0.29, 0.717) is 13.2 Å². The molecule has 0 heterocycles. The van der Waals surface area contributed by atoms with E-state index in [2.05, 4.69) is 43.4 Å². The number of hydrogen-bond acceptors (Lipinski definition) is 3. The molecule has 1 N–H and O–H groups in total. The number of nitrogens with one attached hydrogen (secondary N) is 1. The van der Waals surface area contributed by atoms with Crippen molar-refractivity contribution in [2.75, 3.05) is 13.2 Å². The number of rotatable bonds is 8. The highest BCUT2D eigenvalue weighted by molar-refractivity contribution is 5.18. The molecule has 0 amide bonds. The molecule has 1 aromatic carbocycles. The Labute approximate surface area is 110 Å². The summed E-state index contributed by atoms with van der Waals surface area (Å²) in [5.74, 6) is 0. The first-order chi connectivity index (χ1) is 8.69. The van der Waals surface area contributed by atoms with Gasteiger partial charge in [0.05, 0.1) is 6.04 Å². The number of ether oxygens (including phenoxy) is 2. The van der Waals surface area contributed by atoms with Crippen molar-refractivity contribution < 1.29 is 9.47 Å². The maximum absolute atomic E-state index is 5.60. The predicted molar refractivity (Wildman–Crippen MR) is 74.5 cm³/mol. The molecule has 0 aromatic heterocycles. The van der Waals surface area contributed by atoms with E-state index < -0.39 is 0 Å². The number of hydrogen-bond donors (Lipinski definition) is 1. The van der Waals surface area contributed by atoms with Gasteiger partial charge in [0.1, 0.15) is 0 Å². The van der Waals surface area contributed by atoms with Gasteiger partial charge in [-0.3, -0.25) is 0 Å². The Morgan fingerprint density at radius 2 is 1.56 bits per heavy atom. The zero-order valence-electron chi connectivity index (χ0n) is 11.8. The molecule has 0 aliphatic heterocycles. The zero-order valence-corrected chi connectivity index (χ0v) is 11.8. The Bertz CT molecular complexity index is 310. The first-order valence-corrected chi connectivity index (χ1v) is 6.73. The summed E-state index contributed by atoms with van der Waals surface area (Å²) >= 11 is 0. The van der Waals surface area contributed by atoms with Crippen molar-refractivity contribution >= 4 is 0 Å². The van der Waals surface area contributed by atoms with Gasteiger partial charge in [0.25, 0.3) is 0 Å². The molecule has 18 heavy (non-hydrogen) atoms. The average Bonchev–Trinajstić information content (AvgIpc) is 2.39. The smallest absolute Gasteiger partial charge is 0.172 e. The molecule has 0 radical (unpaired) electrons. The van der Waals surface area contributed by atoms with Gasteiger partial charge in [-0.05, 0) is 33.3 Å². The monoisotopic (exact) mass is 251 g/mol. The largest absolute Gasteiger partial charge is 0.351 e. The molecule has 1 rings (SSSR count). The fourth-order valence-corrected chi connectivity index (χ4v) is 1.98. The highest BCUT2D eigenvalue weighted by Crippen LogP contribution is 2.14. The van der Waals surface area contributed by atoms with Gasteiger partial charge in [0.2, 0.25) is 0 Å². The third-order valence-corrected chi connectivity index (χ3v) is 2.88. The van der Waals surface area contributed by atoms with Gasteiger partial charge in [0, 0.05) is 19.3 Å². The fourth-order valence-electron chi connectivity index (χ4n) is 1.98. The van der Waals surface area contributed by atoms with Crippen molar-refractivity contribution in [2.45, 2.75) is 46.1 Å². The highest BCUT2D eigenvalue weighted by atomic mass is 16.7. The van der Waals surface area contributed by atoms with Gasteiger partial charge in [-0.2, -0.15) is 0 Å². The Morgan fingerprint density at radius 1 is 1.00 bits per heavy atom. The lowest BCUT2D eigenvalue weighted by Gasteiger charge is -2.27. The van der Waals surface area contributed by atoms with Crippen LogP contribution in [0.15, 0.2) is 30.3 Å². The SMILES string of the molecule is CCOC(OCC)[C@H](C)N[C@@H](C)c1ccccc1. The molecule has 0 unspecified atom stereocenters. The summed E-state index contributed by atoms with van der Waals surface area (Å²) in [5, 5.41) is 3.52. The van der Waals surface area contributed by atoms with E-state index in [-0.39, 0.29) is 18.4 Å². The molecule has 0 fully saturated rings. The Hall–Kier alpha value is -0.900. The third-order valence-electron chi connectivity index (χ3n) is 2.88. The molecule has 0 saturated carbocycles. The average molecular weight is 251 g/mol. The molecule has 3 heteroatoms. The van der Waals surface area contributed by atoms with E-state index in [1.54, 1.807) is 0 Å². The summed E-state index contributed by atoms with van der Waals surface area (Å²) in [4.78, 5) is 0. The Balaban J connectivity index is 2.54. The lowest BCUT2D eigenvalue weighted by atomic mass is 10.1. The van der Waals surface area contributed by atoms with Crippen LogP contribution in [0.4, 0.5) is 0 Å². The molecule has 0 saturated heterocycles. The third kappa shape index (κ3) is 4.77. The van der Waals surface area contributed by atoms with Crippen LogP contribution in [0.25, 0.3) is 0 Å². The lowest BCUT2D eigenvalue weighted by molar-refractivity contribution is -0.152. The van der Waals surface area contributed by atoms with Crippen molar-refractivity contribution in [3.63, 3.8) is 0 Å². The summed E-state index contributed by atoms with van der Waals surface area (Å²) in [6.45, 7) is 9.54. The molecule has 0 bridgehead atoms. The Morgan fingerprint density at radius 3 is 2.06 bits per heavy atom. The van der Waals surface area contributed by atoms with Crippen LogP contribution in [0.1, 0.15) is 39.3 Å². The summed E-state index contributed by atoms with van der Waals surface area (Å²) in [6.07, 6.45) is -0.189. The molecule has 0 aliphatic carbocycles. The molecular weight excluding hydrogens is 226 g/mol. The van der Waals surface area contributed by atoms with Crippen LogP contribution >= 0.6 is 0 Å². The quantitative estimate of drug-likeness (QED) is 0.720. The lowest BCUT2D eigenvalue weighted by Crippen LogP contribution is -2.42. The standard InChI is InChI=1S/C15H25NO2/c1-5-17-15(18-6-2)13(4)16-12(3)14-10-8-7-9-11-14/h7-13,15-16H,5-6H2,1-4H3/t12-,13-/m0/s1. The van der Waals surface area contributed by atoms with Crippen LogP contribution in [-0.2, 0) is 9.47 Å². The maximum Gasteiger partial charge on any atom is 0.172 e. The van der Waals surface area contributed by atoms with Crippen molar-refractivity contribution in [3.05, 3.63) is 35.9 Å². The molecular formula is C15H25NO2. The number of benzene rings is 1. The van der Waals surface area contributed by atoms with E-state index >= 15 is 0 Å². The normalized spacial score (nSPS) is 14.7. The maximum atomic E-state index is 5.60. The second-order valence-corrected chi connectivity index (χ2v) is 4.37. The van der Waals surface area contributed by atoms with Crippen LogP contribution < -0.4 is 5.32 Å². The minimum absolute atomic E-state index is 0.153. The van der Waals surface area contributed by atoms with Crippen LogP contribution in [-0.4, -0.2) is 25.5 Å². The second kappa shape index (κ2) is 8.25. The predicted octanol–water partition coefficient (Wildman–Crippen LogP) is 3.12. The zero-order chi connectivity index (χ0) is 13.4. The van der Waals surface area contributed by atoms with Gasteiger partial charge in [-0.15, -0.1) is 0 Å². The van der Waals surface area contributed by atoms with Crippen molar-refractivity contribution in [2.24, 2.45) is 0 Å². The molecule has 0 spiro atoms. The van der Waals surface area contributed by atoms with Gasteiger partial charge in [0.15, 0.2) is 6.29 Å². The van der Waals surface area contributed by atoms with E-state index in [1.165, 1.54) is 5.56 Å². The van der Waals surface area contributed by atoms with E-state index in [0.717, 1.165) is 0 Å². The van der Waals surface area contributed by atoms with Crippen molar-refractivity contribution in [1.29, 1.82) is 0 Å². The first kappa shape index (κ1) is 15.2. The van der Waals surface area contributed by atoms with Gasteiger partial charge in [-0.25, -0.2) is 0 Å². The molecule has 2 atom stereocenters. The van der Waals surface area contributed by atoms with Crippen LogP contribution in [0.3, 0.4) is 0 Å². The molecule has 1 aromatic rings. The van der Waals surface area contributed by atoms with Crippen LogP contribution in [0.5, 0.6) is 0 Å². The van der Waals surface area contributed by atoms with E-state index in [1.807, 2.05) is 19.9 Å². The fraction of sp³-hybridized carbons (Fsp3) is 0.600. The summed E-state index contributed by atoms with van der Waals surface area (Å²) in [7, 11) is 0.